The van der Waals surface area contributed by atoms with Crippen LogP contribution >= 0.6 is 0 Å². The van der Waals surface area contributed by atoms with Crippen molar-refractivity contribution < 1.29 is 0 Å². The molecule has 0 saturated heterocycles. The van der Waals surface area contributed by atoms with Crippen molar-refractivity contribution in [3.63, 3.8) is 0 Å². The average molecular weight is 214 g/mol. The molecule has 0 aliphatic carbocycles. The summed E-state index contributed by atoms with van der Waals surface area (Å²) in [4.78, 5) is 2.47. The maximum atomic E-state index is 5.98. The van der Waals surface area contributed by atoms with Crippen molar-refractivity contribution in [3.05, 3.63) is 0 Å². The topological polar surface area (TPSA) is 29.3 Å². The minimum atomic E-state index is 0.210. The largest absolute Gasteiger partial charge is 0.329 e. The molecule has 0 heterocycles. The van der Waals surface area contributed by atoms with Gasteiger partial charge in [-0.2, -0.15) is 0 Å². The highest BCUT2D eigenvalue weighted by molar-refractivity contribution is 4.90. The molecule has 0 radical (unpaired) electrons. The van der Waals surface area contributed by atoms with Crippen LogP contribution in [0.1, 0.15) is 53.9 Å². The van der Waals surface area contributed by atoms with Gasteiger partial charge >= 0.3 is 0 Å². The van der Waals surface area contributed by atoms with Crippen molar-refractivity contribution in [2.75, 3.05) is 20.1 Å². The van der Waals surface area contributed by atoms with E-state index < -0.39 is 0 Å². The fourth-order valence-electron chi connectivity index (χ4n) is 2.38. The highest BCUT2D eigenvalue weighted by Crippen LogP contribution is 2.27. The van der Waals surface area contributed by atoms with Gasteiger partial charge in [0.25, 0.3) is 0 Å². The Morgan fingerprint density at radius 2 is 1.67 bits per heavy atom. The molecule has 0 bridgehead atoms. The lowest BCUT2D eigenvalue weighted by molar-refractivity contribution is 0.0738. The molecule has 0 aromatic rings. The lowest BCUT2D eigenvalue weighted by Crippen LogP contribution is -2.53. The molecule has 0 saturated carbocycles. The minimum Gasteiger partial charge on any atom is -0.329 e. The van der Waals surface area contributed by atoms with Gasteiger partial charge in [0.2, 0.25) is 0 Å². The monoisotopic (exact) mass is 214 g/mol. The molecule has 0 fully saturated rings. The van der Waals surface area contributed by atoms with Crippen molar-refractivity contribution >= 4 is 0 Å². The highest BCUT2D eigenvalue weighted by atomic mass is 15.2. The number of likely N-dealkylation sites (N-methyl/N-ethyl adjacent to an activating group) is 1. The Balaban J connectivity index is 4.60. The van der Waals surface area contributed by atoms with E-state index in [-0.39, 0.29) is 5.54 Å². The highest BCUT2D eigenvalue weighted by Gasteiger charge is 2.32. The third-order valence-corrected chi connectivity index (χ3v) is 3.27. The zero-order valence-corrected chi connectivity index (χ0v) is 11.6. The Kier molecular flexibility index (Phi) is 5.82. The third-order valence-electron chi connectivity index (χ3n) is 3.27. The molecule has 0 spiro atoms. The van der Waals surface area contributed by atoms with E-state index in [1.165, 1.54) is 12.8 Å². The van der Waals surface area contributed by atoms with Crippen LogP contribution in [0.3, 0.4) is 0 Å². The average Bonchev–Trinajstić information content (AvgIpc) is 2.11. The van der Waals surface area contributed by atoms with Crippen LogP contribution in [0.25, 0.3) is 0 Å². The van der Waals surface area contributed by atoms with Crippen LogP contribution in [-0.2, 0) is 0 Å². The number of rotatable bonds is 6. The van der Waals surface area contributed by atoms with Crippen LogP contribution in [0.2, 0.25) is 0 Å². The van der Waals surface area contributed by atoms with Gasteiger partial charge in [-0.1, -0.05) is 41.0 Å². The summed E-state index contributed by atoms with van der Waals surface area (Å²) in [6.45, 7) is 13.2. The van der Waals surface area contributed by atoms with Crippen molar-refractivity contribution in [1.29, 1.82) is 0 Å². The SMILES string of the molecule is CCCC(CC)(CN)N(C)CC(C)(C)C. The van der Waals surface area contributed by atoms with E-state index in [1.807, 2.05) is 0 Å². The van der Waals surface area contributed by atoms with E-state index in [9.17, 15) is 0 Å². The van der Waals surface area contributed by atoms with Crippen molar-refractivity contribution in [1.82, 2.24) is 4.90 Å². The molecule has 15 heavy (non-hydrogen) atoms. The summed E-state index contributed by atoms with van der Waals surface area (Å²) < 4.78 is 0. The molecular weight excluding hydrogens is 184 g/mol. The van der Waals surface area contributed by atoms with E-state index in [0.717, 1.165) is 19.5 Å². The quantitative estimate of drug-likeness (QED) is 0.736. The molecule has 2 N–H and O–H groups in total. The van der Waals surface area contributed by atoms with Crippen LogP contribution in [-0.4, -0.2) is 30.6 Å². The second kappa shape index (κ2) is 5.86. The van der Waals surface area contributed by atoms with Gasteiger partial charge in [-0.05, 0) is 25.3 Å². The third kappa shape index (κ3) is 4.52. The summed E-state index contributed by atoms with van der Waals surface area (Å²) in [5.41, 5.74) is 6.54. The van der Waals surface area contributed by atoms with Crippen LogP contribution < -0.4 is 5.73 Å². The second-order valence-corrected chi connectivity index (χ2v) is 5.95. The first kappa shape index (κ1) is 14.9. The van der Waals surface area contributed by atoms with Gasteiger partial charge in [0.05, 0.1) is 0 Å². The number of nitrogens with two attached hydrogens (primary N) is 1. The first-order valence-electron chi connectivity index (χ1n) is 6.22. The zero-order valence-electron chi connectivity index (χ0n) is 11.6. The molecule has 0 rings (SSSR count). The summed E-state index contributed by atoms with van der Waals surface area (Å²) in [5, 5.41) is 0. The molecule has 2 heteroatoms. The smallest absolute Gasteiger partial charge is 0.0326 e. The van der Waals surface area contributed by atoms with Gasteiger partial charge < -0.3 is 5.73 Å². The van der Waals surface area contributed by atoms with Gasteiger partial charge in [-0.3, -0.25) is 4.90 Å². The van der Waals surface area contributed by atoms with Crippen LogP contribution in [0.4, 0.5) is 0 Å². The molecule has 92 valence electrons. The first-order valence-corrected chi connectivity index (χ1v) is 6.22. The van der Waals surface area contributed by atoms with Gasteiger partial charge in [-0.15, -0.1) is 0 Å². The maximum absolute atomic E-state index is 5.98. The lowest BCUT2D eigenvalue weighted by atomic mass is 9.86. The molecule has 1 unspecified atom stereocenters. The molecule has 0 aromatic carbocycles. The molecular formula is C13H30N2. The Bertz CT molecular complexity index is 166. The normalized spacial score (nSPS) is 16.8. The van der Waals surface area contributed by atoms with E-state index in [1.54, 1.807) is 0 Å². The predicted octanol–water partition coefficient (Wildman–Crippen LogP) is 2.87. The van der Waals surface area contributed by atoms with Gasteiger partial charge in [0.15, 0.2) is 0 Å². The van der Waals surface area contributed by atoms with Gasteiger partial charge in [0, 0.05) is 18.6 Å². The zero-order chi connectivity index (χ0) is 12.1. The maximum Gasteiger partial charge on any atom is 0.0326 e. The standard InChI is InChI=1S/C13H30N2/c1-7-9-13(8-2,10-14)15(6)11-12(3,4)5/h7-11,14H2,1-6H3. The number of hydrogen-bond acceptors (Lipinski definition) is 2. The first-order chi connectivity index (χ1) is 6.81. The predicted molar refractivity (Wildman–Crippen MR) is 69.1 cm³/mol. The van der Waals surface area contributed by atoms with Crippen molar-refractivity contribution in [3.8, 4) is 0 Å². The fraction of sp³-hybridized carbons (Fsp3) is 1.00. The number of nitrogens with zero attached hydrogens (tertiary/aromatic N) is 1. The van der Waals surface area contributed by atoms with Crippen molar-refractivity contribution in [2.45, 2.75) is 59.4 Å². The summed E-state index contributed by atoms with van der Waals surface area (Å²) in [6, 6.07) is 0. The summed E-state index contributed by atoms with van der Waals surface area (Å²) in [5.74, 6) is 0. The molecule has 0 aromatic heterocycles. The van der Waals surface area contributed by atoms with E-state index >= 15 is 0 Å². The molecule has 1 atom stereocenters. The van der Waals surface area contributed by atoms with Crippen LogP contribution in [0.5, 0.6) is 0 Å². The molecule has 0 aliphatic heterocycles. The lowest BCUT2D eigenvalue weighted by Gasteiger charge is -2.43. The van der Waals surface area contributed by atoms with Gasteiger partial charge in [-0.25, -0.2) is 0 Å². The summed E-state index contributed by atoms with van der Waals surface area (Å²) >= 11 is 0. The molecule has 2 nitrogen and oxygen atoms in total. The van der Waals surface area contributed by atoms with E-state index in [4.69, 9.17) is 5.73 Å². The van der Waals surface area contributed by atoms with E-state index in [0.29, 0.717) is 5.41 Å². The van der Waals surface area contributed by atoms with Crippen LogP contribution in [0.15, 0.2) is 0 Å². The summed E-state index contributed by atoms with van der Waals surface area (Å²) in [7, 11) is 2.22. The Morgan fingerprint density at radius 3 is 1.93 bits per heavy atom. The molecule has 0 aliphatic rings. The van der Waals surface area contributed by atoms with Crippen LogP contribution in [0, 0.1) is 5.41 Å². The Morgan fingerprint density at radius 1 is 1.13 bits per heavy atom. The summed E-state index contributed by atoms with van der Waals surface area (Å²) in [6.07, 6.45) is 3.55. The van der Waals surface area contributed by atoms with Gasteiger partial charge in [0.1, 0.15) is 0 Å². The van der Waals surface area contributed by atoms with Crippen molar-refractivity contribution in [2.24, 2.45) is 11.1 Å². The van der Waals surface area contributed by atoms with E-state index in [2.05, 4.69) is 46.6 Å². The molecule has 0 amide bonds. The second-order valence-electron chi connectivity index (χ2n) is 5.95. The fourth-order valence-corrected chi connectivity index (χ4v) is 2.38. The number of hydrogen-bond donors (Lipinski definition) is 1. The Labute approximate surface area is 96.2 Å². The Hall–Kier alpha value is -0.0800. The minimum absolute atomic E-state index is 0.210.